The minimum absolute atomic E-state index is 0.358. The zero-order valence-corrected chi connectivity index (χ0v) is 16.2. The standard InChI is InChI=1S/C23H32N2O/c1-3-5-15-24(16-6-4-2)17-19(26)18-25-22-13-9-7-11-20(22)21-12-8-10-14-23(21)25/h7-14,19,26H,3-6,15-18H2,1-2H3/t19-/m1/s1. The highest BCUT2D eigenvalue weighted by Crippen LogP contribution is 2.28. The summed E-state index contributed by atoms with van der Waals surface area (Å²) in [6.45, 7) is 8.02. The van der Waals surface area contributed by atoms with Crippen LogP contribution in [0.4, 0.5) is 0 Å². The number of rotatable bonds is 10. The van der Waals surface area contributed by atoms with Gasteiger partial charge in [0.05, 0.1) is 12.6 Å². The Morgan fingerprint density at radius 2 is 1.35 bits per heavy atom. The molecule has 1 aromatic heterocycles. The lowest BCUT2D eigenvalue weighted by atomic mass is 10.2. The summed E-state index contributed by atoms with van der Waals surface area (Å²) < 4.78 is 2.28. The molecule has 26 heavy (non-hydrogen) atoms. The van der Waals surface area contributed by atoms with E-state index in [4.69, 9.17) is 0 Å². The van der Waals surface area contributed by atoms with Crippen molar-refractivity contribution in [1.82, 2.24) is 9.47 Å². The Labute approximate surface area is 157 Å². The molecule has 3 heteroatoms. The number of para-hydroxylation sites is 2. The quantitative estimate of drug-likeness (QED) is 0.552. The second kappa shape index (κ2) is 9.20. The maximum absolute atomic E-state index is 10.8. The van der Waals surface area contributed by atoms with Crippen molar-refractivity contribution < 1.29 is 5.11 Å². The van der Waals surface area contributed by atoms with E-state index >= 15 is 0 Å². The maximum Gasteiger partial charge on any atom is 0.0845 e. The van der Waals surface area contributed by atoms with E-state index in [-0.39, 0.29) is 6.10 Å². The van der Waals surface area contributed by atoms with E-state index in [0.29, 0.717) is 6.54 Å². The molecule has 0 spiro atoms. The zero-order valence-electron chi connectivity index (χ0n) is 16.2. The third kappa shape index (κ3) is 4.28. The van der Waals surface area contributed by atoms with Crippen molar-refractivity contribution in [2.75, 3.05) is 19.6 Å². The summed E-state index contributed by atoms with van der Waals surface area (Å²) >= 11 is 0. The normalized spacial score (nSPS) is 13.1. The van der Waals surface area contributed by atoms with Crippen molar-refractivity contribution in [2.24, 2.45) is 0 Å². The van der Waals surface area contributed by atoms with Gasteiger partial charge in [-0.1, -0.05) is 63.1 Å². The molecule has 140 valence electrons. The van der Waals surface area contributed by atoms with Gasteiger partial charge in [0.2, 0.25) is 0 Å². The molecule has 0 aliphatic heterocycles. The van der Waals surface area contributed by atoms with Crippen molar-refractivity contribution >= 4 is 21.8 Å². The van der Waals surface area contributed by atoms with E-state index in [1.54, 1.807) is 0 Å². The molecule has 3 rings (SSSR count). The van der Waals surface area contributed by atoms with Crippen LogP contribution in [0, 0.1) is 0 Å². The number of nitrogens with zero attached hydrogens (tertiary/aromatic N) is 2. The fraction of sp³-hybridized carbons (Fsp3) is 0.478. The molecule has 0 radical (unpaired) electrons. The molecule has 0 amide bonds. The second-order valence-electron chi connectivity index (χ2n) is 7.31. The number of fused-ring (bicyclic) bond motifs is 3. The average Bonchev–Trinajstić information content (AvgIpc) is 2.98. The fourth-order valence-electron chi connectivity index (χ4n) is 3.82. The minimum Gasteiger partial charge on any atom is -0.390 e. The van der Waals surface area contributed by atoms with Gasteiger partial charge in [0, 0.05) is 28.4 Å². The average molecular weight is 353 g/mol. The summed E-state index contributed by atoms with van der Waals surface area (Å²) in [7, 11) is 0. The van der Waals surface area contributed by atoms with E-state index in [1.807, 2.05) is 0 Å². The van der Waals surface area contributed by atoms with Crippen LogP contribution in [-0.2, 0) is 6.54 Å². The number of aromatic nitrogens is 1. The van der Waals surface area contributed by atoms with Crippen molar-refractivity contribution in [3.05, 3.63) is 48.5 Å². The van der Waals surface area contributed by atoms with Crippen LogP contribution in [0.2, 0.25) is 0 Å². The van der Waals surface area contributed by atoms with Crippen LogP contribution in [0.25, 0.3) is 21.8 Å². The first-order valence-corrected chi connectivity index (χ1v) is 10.1. The monoisotopic (exact) mass is 352 g/mol. The molecule has 0 saturated heterocycles. The highest BCUT2D eigenvalue weighted by Gasteiger charge is 2.15. The number of hydrogen-bond donors (Lipinski definition) is 1. The number of aliphatic hydroxyl groups excluding tert-OH is 1. The highest BCUT2D eigenvalue weighted by atomic mass is 16.3. The molecule has 0 bridgehead atoms. The van der Waals surface area contributed by atoms with E-state index in [0.717, 1.165) is 19.6 Å². The van der Waals surface area contributed by atoms with Gasteiger partial charge in [-0.05, 0) is 38.1 Å². The molecule has 0 aliphatic rings. The summed E-state index contributed by atoms with van der Waals surface area (Å²) in [5.74, 6) is 0. The van der Waals surface area contributed by atoms with Gasteiger partial charge in [-0.2, -0.15) is 0 Å². The third-order valence-electron chi connectivity index (χ3n) is 5.20. The second-order valence-corrected chi connectivity index (χ2v) is 7.31. The first kappa shape index (κ1) is 18.9. The molecule has 0 unspecified atom stereocenters. The molecule has 3 nitrogen and oxygen atoms in total. The summed E-state index contributed by atoms with van der Waals surface area (Å²) in [4.78, 5) is 2.44. The van der Waals surface area contributed by atoms with Gasteiger partial charge in [0.1, 0.15) is 0 Å². The van der Waals surface area contributed by atoms with Gasteiger partial charge in [-0.3, -0.25) is 0 Å². The lowest BCUT2D eigenvalue weighted by Crippen LogP contribution is -2.36. The Morgan fingerprint density at radius 1 is 0.846 bits per heavy atom. The first-order valence-electron chi connectivity index (χ1n) is 10.1. The molecule has 1 N–H and O–H groups in total. The fourth-order valence-corrected chi connectivity index (χ4v) is 3.82. The first-order chi connectivity index (χ1) is 12.7. The molecule has 1 heterocycles. The van der Waals surface area contributed by atoms with Crippen LogP contribution in [0.1, 0.15) is 39.5 Å². The predicted octanol–water partition coefficient (Wildman–Crippen LogP) is 5.06. The zero-order chi connectivity index (χ0) is 18.4. The number of aliphatic hydroxyl groups is 1. The highest BCUT2D eigenvalue weighted by molar-refractivity contribution is 6.07. The van der Waals surface area contributed by atoms with Crippen molar-refractivity contribution in [3.8, 4) is 0 Å². The topological polar surface area (TPSA) is 28.4 Å². The Kier molecular flexibility index (Phi) is 6.70. The number of unbranched alkanes of at least 4 members (excludes halogenated alkanes) is 2. The maximum atomic E-state index is 10.8. The summed E-state index contributed by atoms with van der Waals surface area (Å²) in [6.07, 6.45) is 4.44. The minimum atomic E-state index is -0.358. The van der Waals surface area contributed by atoms with Crippen LogP contribution in [0.15, 0.2) is 48.5 Å². The van der Waals surface area contributed by atoms with Gasteiger partial charge in [-0.15, -0.1) is 0 Å². The molecule has 1 atom stereocenters. The number of hydrogen-bond acceptors (Lipinski definition) is 2. The van der Waals surface area contributed by atoms with Crippen LogP contribution < -0.4 is 0 Å². The van der Waals surface area contributed by atoms with Gasteiger partial charge in [0.25, 0.3) is 0 Å². The van der Waals surface area contributed by atoms with Gasteiger partial charge >= 0.3 is 0 Å². The summed E-state index contributed by atoms with van der Waals surface area (Å²) in [5.41, 5.74) is 2.42. The number of benzene rings is 2. The van der Waals surface area contributed by atoms with E-state index in [1.165, 1.54) is 47.5 Å². The lowest BCUT2D eigenvalue weighted by Gasteiger charge is -2.25. The SMILES string of the molecule is CCCCN(CCCC)C[C@@H](O)Cn1c2ccccc2c2ccccc21. The van der Waals surface area contributed by atoms with Crippen LogP contribution >= 0.6 is 0 Å². The van der Waals surface area contributed by atoms with Crippen molar-refractivity contribution in [3.63, 3.8) is 0 Å². The van der Waals surface area contributed by atoms with Gasteiger partial charge in [-0.25, -0.2) is 0 Å². The Bertz CT molecular complexity index is 762. The van der Waals surface area contributed by atoms with E-state index < -0.39 is 0 Å². The van der Waals surface area contributed by atoms with E-state index in [2.05, 4.69) is 71.8 Å². The molecule has 3 aromatic rings. The molecular weight excluding hydrogens is 320 g/mol. The molecule has 2 aromatic carbocycles. The Hall–Kier alpha value is -1.84. The molecule has 0 fully saturated rings. The van der Waals surface area contributed by atoms with E-state index in [9.17, 15) is 5.11 Å². The van der Waals surface area contributed by atoms with Crippen LogP contribution in [0.5, 0.6) is 0 Å². The molecular formula is C23H32N2O. The molecule has 0 aliphatic carbocycles. The summed E-state index contributed by atoms with van der Waals surface area (Å²) in [5, 5.41) is 13.4. The summed E-state index contributed by atoms with van der Waals surface area (Å²) in [6, 6.07) is 17.0. The Balaban J connectivity index is 1.80. The van der Waals surface area contributed by atoms with Crippen LogP contribution in [0.3, 0.4) is 0 Å². The van der Waals surface area contributed by atoms with Gasteiger partial charge in [0.15, 0.2) is 0 Å². The smallest absolute Gasteiger partial charge is 0.0845 e. The Morgan fingerprint density at radius 3 is 1.85 bits per heavy atom. The largest absolute Gasteiger partial charge is 0.390 e. The lowest BCUT2D eigenvalue weighted by molar-refractivity contribution is 0.0982. The van der Waals surface area contributed by atoms with Crippen molar-refractivity contribution in [1.29, 1.82) is 0 Å². The molecule has 0 saturated carbocycles. The third-order valence-corrected chi connectivity index (χ3v) is 5.20. The van der Waals surface area contributed by atoms with Crippen molar-refractivity contribution in [2.45, 2.75) is 52.2 Å². The van der Waals surface area contributed by atoms with Gasteiger partial charge < -0.3 is 14.6 Å². The predicted molar refractivity (Wildman–Crippen MR) is 112 cm³/mol. The van der Waals surface area contributed by atoms with Crippen LogP contribution in [-0.4, -0.2) is 40.3 Å².